The van der Waals surface area contributed by atoms with Gasteiger partial charge in [0.2, 0.25) is 0 Å². The first-order chi connectivity index (χ1) is 7.20. The largest absolute Gasteiger partial charge is 0.507 e. The van der Waals surface area contributed by atoms with Crippen LogP contribution in [0.15, 0.2) is 12.1 Å². The highest BCUT2D eigenvalue weighted by atomic mass is 35.5. The van der Waals surface area contributed by atoms with E-state index in [0.717, 1.165) is 12.1 Å². The highest BCUT2D eigenvalue weighted by molar-refractivity contribution is 7.90. The summed E-state index contributed by atoms with van der Waals surface area (Å²) >= 11 is 5.58. The van der Waals surface area contributed by atoms with Gasteiger partial charge in [-0.1, -0.05) is 11.6 Å². The van der Waals surface area contributed by atoms with Crippen LogP contribution in [0.4, 0.5) is 5.69 Å². The van der Waals surface area contributed by atoms with Crippen LogP contribution in [0, 0.1) is 0 Å². The van der Waals surface area contributed by atoms with Gasteiger partial charge in [-0.05, 0) is 6.07 Å². The second kappa shape index (κ2) is 4.16. The molecule has 0 saturated carbocycles. The summed E-state index contributed by atoms with van der Waals surface area (Å²) < 4.78 is 23.2. The van der Waals surface area contributed by atoms with E-state index in [4.69, 9.17) is 21.8 Å². The van der Waals surface area contributed by atoms with Gasteiger partial charge in [0.15, 0.2) is 0 Å². The number of aromatic carboxylic acids is 1. The average molecular weight is 267 g/mol. The van der Waals surface area contributed by atoms with Gasteiger partial charge < -0.3 is 10.2 Å². The molecule has 0 aromatic heterocycles. The van der Waals surface area contributed by atoms with E-state index in [2.05, 4.69) is 0 Å². The molecule has 16 heavy (non-hydrogen) atoms. The molecule has 0 heterocycles. The smallest absolute Gasteiger partial charge is 0.339 e. The number of nitrogens with two attached hydrogens (primary N) is 1. The van der Waals surface area contributed by atoms with Crippen molar-refractivity contribution in [2.75, 3.05) is 4.72 Å². The molecule has 5 N–H and O–H groups in total. The Morgan fingerprint density at radius 2 is 2.00 bits per heavy atom. The summed E-state index contributed by atoms with van der Waals surface area (Å²) in [6, 6.07) is 1.77. The van der Waals surface area contributed by atoms with Gasteiger partial charge in [-0.3, -0.25) is 4.72 Å². The van der Waals surface area contributed by atoms with Gasteiger partial charge in [0.05, 0.1) is 10.7 Å². The Bertz CT molecular complexity index is 542. The molecule has 0 atom stereocenters. The zero-order chi connectivity index (χ0) is 12.5. The predicted molar refractivity (Wildman–Crippen MR) is 56.8 cm³/mol. The Kier molecular flexibility index (Phi) is 3.27. The van der Waals surface area contributed by atoms with Crippen LogP contribution in [0.5, 0.6) is 5.75 Å². The number of anilines is 1. The Morgan fingerprint density at radius 3 is 2.44 bits per heavy atom. The number of halogens is 1. The summed E-state index contributed by atoms with van der Waals surface area (Å²) in [6.45, 7) is 0. The molecule has 9 heteroatoms. The quantitative estimate of drug-likeness (QED) is 0.587. The van der Waals surface area contributed by atoms with E-state index < -0.39 is 27.5 Å². The molecule has 1 rings (SSSR count). The maximum atomic E-state index is 10.7. The lowest BCUT2D eigenvalue weighted by Gasteiger charge is -2.08. The first-order valence-electron chi connectivity index (χ1n) is 3.77. The maximum absolute atomic E-state index is 10.7. The van der Waals surface area contributed by atoms with Gasteiger partial charge in [0.1, 0.15) is 11.3 Å². The fourth-order valence-corrected chi connectivity index (χ4v) is 1.70. The lowest BCUT2D eigenvalue weighted by molar-refractivity contribution is 0.0694. The molecule has 0 fully saturated rings. The number of hydrogen-bond acceptors (Lipinski definition) is 4. The van der Waals surface area contributed by atoms with Gasteiger partial charge >= 0.3 is 5.97 Å². The van der Waals surface area contributed by atoms with Crippen molar-refractivity contribution < 1.29 is 23.4 Å². The maximum Gasteiger partial charge on any atom is 0.339 e. The van der Waals surface area contributed by atoms with Gasteiger partial charge in [-0.15, -0.1) is 0 Å². The molecule has 0 unspecified atom stereocenters. The molecular weight excluding hydrogens is 260 g/mol. The van der Waals surface area contributed by atoms with E-state index in [1.54, 1.807) is 0 Å². The number of nitrogens with one attached hydrogen (secondary N) is 1. The van der Waals surface area contributed by atoms with E-state index in [0.29, 0.717) is 0 Å². The lowest BCUT2D eigenvalue weighted by Crippen LogP contribution is -2.22. The highest BCUT2D eigenvalue weighted by Crippen LogP contribution is 2.30. The molecule has 0 aliphatic carbocycles. The molecule has 0 spiro atoms. The van der Waals surface area contributed by atoms with Crippen LogP contribution in [0.25, 0.3) is 0 Å². The van der Waals surface area contributed by atoms with Gasteiger partial charge in [-0.25, -0.2) is 9.93 Å². The van der Waals surface area contributed by atoms with Gasteiger partial charge in [0.25, 0.3) is 10.2 Å². The monoisotopic (exact) mass is 266 g/mol. The van der Waals surface area contributed by atoms with Crippen LogP contribution in [-0.2, 0) is 10.2 Å². The third-order valence-corrected chi connectivity index (χ3v) is 2.39. The number of carboxylic acid groups (broad SMARTS) is 1. The van der Waals surface area contributed by atoms with E-state index in [1.807, 2.05) is 4.72 Å². The predicted octanol–water partition coefficient (Wildman–Crippen LogP) is 0.359. The van der Waals surface area contributed by atoms with Crippen molar-refractivity contribution in [3.05, 3.63) is 22.7 Å². The van der Waals surface area contributed by atoms with Crippen LogP contribution in [-0.4, -0.2) is 24.6 Å². The summed E-state index contributed by atoms with van der Waals surface area (Å²) in [5.41, 5.74) is -0.713. The summed E-state index contributed by atoms with van der Waals surface area (Å²) in [4.78, 5) is 10.6. The zero-order valence-electron chi connectivity index (χ0n) is 7.64. The molecule has 0 radical (unpaired) electrons. The molecule has 0 aliphatic rings. The second-order valence-corrected chi connectivity index (χ2v) is 4.50. The Labute approximate surface area is 95.6 Å². The molecular formula is C7H7ClN2O5S. The first kappa shape index (κ1) is 12.6. The lowest BCUT2D eigenvalue weighted by atomic mass is 10.2. The number of aromatic hydroxyl groups is 1. The van der Waals surface area contributed by atoms with E-state index >= 15 is 0 Å². The van der Waals surface area contributed by atoms with Crippen LogP contribution in [0.2, 0.25) is 5.02 Å². The van der Waals surface area contributed by atoms with Crippen LogP contribution >= 0.6 is 11.6 Å². The summed E-state index contributed by atoms with van der Waals surface area (Å²) in [5, 5.41) is 22.4. The van der Waals surface area contributed by atoms with Crippen molar-refractivity contribution in [1.82, 2.24) is 0 Å². The molecule has 0 aliphatic heterocycles. The van der Waals surface area contributed by atoms with Gasteiger partial charge in [-0.2, -0.15) is 8.42 Å². The summed E-state index contributed by atoms with van der Waals surface area (Å²) in [7, 11) is -4.06. The minimum Gasteiger partial charge on any atom is -0.507 e. The van der Waals surface area contributed by atoms with E-state index in [-0.39, 0.29) is 10.7 Å². The topological polar surface area (TPSA) is 130 Å². The van der Waals surface area contributed by atoms with E-state index in [9.17, 15) is 18.3 Å². The SMILES string of the molecule is NS(=O)(=O)Nc1cc(C(=O)O)c(O)cc1Cl. The van der Waals surface area contributed by atoms with Crippen molar-refractivity contribution >= 4 is 33.5 Å². The third-order valence-electron chi connectivity index (χ3n) is 1.57. The third kappa shape index (κ3) is 2.99. The van der Waals surface area contributed by atoms with E-state index in [1.165, 1.54) is 0 Å². The Morgan fingerprint density at radius 1 is 1.44 bits per heavy atom. The standard InChI is InChI=1S/C7H7ClN2O5S/c8-4-2-6(11)3(7(12)13)1-5(4)10-16(9,14)15/h1-2,10-11H,(H,12,13)(H2,9,14,15). The number of hydrogen-bond donors (Lipinski definition) is 4. The number of carboxylic acids is 1. The van der Waals surface area contributed by atoms with Gasteiger partial charge in [0, 0.05) is 6.07 Å². The van der Waals surface area contributed by atoms with Crippen LogP contribution < -0.4 is 9.86 Å². The minimum atomic E-state index is -4.06. The Hall–Kier alpha value is -1.51. The molecule has 0 saturated heterocycles. The van der Waals surface area contributed by atoms with Crippen molar-refractivity contribution in [2.24, 2.45) is 5.14 Å². The molecule has 0 amide bonds. The summed E-state index contributed by atoms with van der Waals surface area (Å²) in [5.74, 6) is -2.00. The Balaban J connectivity index is 3.31. The second-order valence-electron chi connectivity index (χ2n) is 2.80. The van der Waals surface area contributed by atoms with Crippen LogP contribution in [0.1, 0.15) is 10.4 Å². The summed E-state index contributed by atoms with van der Waals surface area (Å²) in [6.07, 6.45) is 0. The zero-order valence-corrected chi connectivity index (χ0v) is 9.21. The fourth-order valence-electron chi connectivity index (χ4n) is 0.966. The highest BCUT2D eigenvalue weighted by Gasteiger charge is 2.15. The van der Waals surface area contributed by atoms with Crippen LogP contribution in [0.3, 0.4) is 0 Å². The number of benzene rings is 1. The fraction of sp³-hybridized carbons (Fsp3) is 0. The molecule has 7 nitrogen and oxygen atoms in total. The number of rotatable bonds is 3. The number of carbonyl (C=O) groups is 1. The first-order valence-corrected chi connectivity index (χ1v) is 5.69. The van der Waals surface area contributed by atoms with Crippen molar-refractivity contribution in [3.63, 3.8) is 0 Å². The molecule has 1 aromatic carbocycles. The number of phenols is 1. The minimum absolute atomic E-state index is 0.170. The van der Waals surface area contributed by atoms with Crippen molar-refractivity contribution in [3.8, 4) is 5.75 Å². The normalized spacial score (nSPS) is 11.1. The van der Waals surface area contributed by atoms with Crippen molar-refractivity contribution in [1.29, 1.82) is 0 Å². The molecule has 88 valence electrons. The average Bonchev–Trinajstić information content (AvgIpc) is 2.07. The molecule has 1 aromatic rings. The molecule has 0 bridgehead atoms. The van der Waals surface area contributed by atoms with Crippen molar-refractivity contribution in [2.45, 2.75) is 0 Å².